The number of nitro benzene ring substituents is 1. The molecule has 0 fully saturated rings. The first-order valence-electron chi connectivity index (χ1n) is 8.73. The van der Waals surface area contributed by atoms with Crippen molar-refractivity contribution in [2.24, 2.45) is 0 Å². The van der Waals surface area contributed by atoms with Gasteiger partial charge in [0.2, 0.25) is 0 Å². The molecule has 0 amide bonds. The van der Waals surface area contributed by atoms with Crippen molar-refractivity contribution < 1.29 is 10.0 Å². The lowest BCUT2D eigenvalue weighted by molar-refractivity contribution is -0.385. The number of hydrogen-bond donors (Lipinski definition) is 2. The summed E-state index contributed by atoms with van der Waals surface area (Å²) in [6, 6.07) is 8.07. The molecule has 0 saturated carbocycles. The lowest BCUT2D eigenvalue weighted by atomic mass is 10.0. The standard InChI is InChI=1S/C19H17N5O4/c25-17-13(3-1-5-16(17)24(27)28)10-23-8-6-14-15(11-23)21-18(22-19(14)26)12-4-2-7-20-9-12/h1-5,7,9,25H,6,8,10-11H2,(H,21,22,26). The Morgan fingerprint density at radius 1 is 1.29 bits per heavy atom. The van der Waals surface area contributed by atoms with Gasteiger partial charge in [-0.2, -0.15) is 0 Å². The number of aromatic amines is 1. The molecular formula is C19H17N5O4. The maximum atomic E-state index is 12.4. The number of phenols is 1. The number of H-pyrrole nitrogens is 1. The number of pyridine rings is 1. The van der Waals surface area contributed by atoms with Gasteiger partial charge >= 0.3 is 5.69 Å². The first-order chi connectivity index (χ1) is 13.5. The lowest BCUT2D eigenvalue weighted by Crippen LogP contribution is -2.35. The van der Waals surface area contributed by atoms with Gasteiger partial charge in [-0.05, 0) is 18.6 Å². The summed E-state index contributed by atoms with van der Waals surface area (Å²) < 4.78 is 0. The molecule has 0 atom stereocenters. The van der Waals surface area contributed by atoms with Crippen LogP contribution in [0.1, 0.15) is 16.8 Å². The minimum Gasteiger partial charge on any atom is -0.502 e. The van der Waals surface area contributed by atoms with Crippen molar-refractivity contribution in [3.05, 3.63) is 80.0 Å². The van der Waals surface area contributed by atoms with Gasteiger partial charge in [0.15, 0.2) is 5.75 Å². The van der Waals surface area contributed by atoms with Crippen LogP contribution in [0.15, 0.2) is 47.5 Å². The van der Waals surface area contributed by atoms with Crippen molar-refractivity contribution in [2.75, 3.05) is 6.54 Å². The molecule has 2 aromatic heterocycles. The van der Waals surface area contributed by atoms with Crippen LogP contribution in [-0.4, -0.2) is 36.4 Å². The van der Waals surface area contributed by atoms with Crippen molar-refractivity contribution in [3.63, 3.8) is 0 Å². The second kappa shape index (κ2) is 7.20. The molecule has 3 heterocycles. The summed E-state index contributed by atoms with van der Waals surface area (Å²) >= 11 is 0. The number of nitro groups is 1. The topological polar surface area (TPSA) is 125 Å². The second-order valence-corrected chi connectivity index (χ2v) is 6.58. The largest absolute Gasteiger partial charge is 0.502 e. The molecule has 9 nitrogen and oxygen atoms in total. The van der Waals surface area contributed by atoms with Gasteiger partial charge in [0.25, 0.3) is 5.56 Å². The number of nitrogens with zero attached hydrogens (tertiary/aromatic N) is 4. The third-order valence-corrected chi connectivity index (χ3v) is 4.78. The molecule has 0 radical (unpaired) electrons. The minimum atomic E-state index is -0.606. The summed E-state index contributed by atoms with van der Waals surface area (Å²) in [6.07, 6.45) is 3.79. The molecule has 0 bridgehead atoms. The Morgan fingerprint density at radius 2 is 2.14 bits per heavy atom. The number of hydrogen-bond acceptors (Lipinski definition) is 7. The highest BCUT2D eigenvalue weighted by Gasteiger charge is 2.24. The number of aromatic nitrogens is 3. The molecule has 0 spiro atoms. The SMILES string of the molecule is O=c1[nH]c(-c2cccnc2)nc2c1CCN(Cc1cccc([N+](=O)[O-])c1O)C2. The van der Waals surface area contributed by atoms with E-state index in [-0.39, 0.29) is 17.0 Å². The van der Waals surface area contributed by atoms with Crippen LogP contribution in [0.3, 0.4) is 0 Å². The van der Waals surface area contributed by atoms with E-state index < -0.39 is 4.92 Å². The van der Waals surface area contributed by atoms with Crippen molar-refractivity contribution in [3.8, 4) is 17.1 Å². The van der Waals surface area contributed by atoms with Crippen molar-refractivity contribution >= 4 is 5.69 Å². The molecule has 142 valence electrons. The first kappa shape index (κ1) is 17.8. The molecule has 4 rings (SSSR count). The highest BCUT2D eigenvalue weighted by atomic mass is 16.6. The molecule has 0 saturated heterocycles. The number of nitrogens with one attached hydrogen (secondary N) is 1. The fourth-order valence-corrected chi connectivity index (χ4v) is 3.36. The van der Waals surface area contributed by atoms with E-state index in [1.54, 1.807) is 30.6 Å². The van der Waals surface area contributed by atoms with Crippen LogP contribution in [0.25, 0.3) is 11.4 Å². The Kier molecular flexibility index (Phi) is 4.58. The van der Waals surface area contributed by atoms with Crippen molar-refractivity contribution in [2.45, 2.75) is 19.5 Å². The van der Waals surface area contributed by atoms with E-state index in [4.69, 9.17) is 0 Å². The quantitative estimate of drug-likeness (QED) is 0.524. The number of fused-ring (bicyclic) bond motifs is 1. The van der Waals surface area contributed by atoms with Gasteiger partial charge in [0.05, 0.1) is 10.6 Å². The number of rotatable bonds is 4. The van der Waals surface area contributed by atoms with Crippen LogP contribution in [0.5, 0.6) is 5.75 Å². The molecule has 28 heavy (non-hydrogen) atoms. The van der Waals surface area contributed by atoms with E-state index >= 15 is 0 Å². The van der Waals surface area contributed by atoms with E-state index in [9.17, 15) is 20.0 Å². The Morgan fingerprint density at radius 3 is 2.89 bits per heavy atom. The normalized spacial score (nSPS) is 13.9. The van der Waals surface area contributed by atoms with Crippen LogP contribution in [-0.2, 0) is 19.5 Å². The van der Waals surface area contributed by atoms with E-state index in [0.29, 0.717) is 48.7 Å². The maximum absolute atomic E-state index is 12.4. The average molecular weight is 379 g/mol. The van der Waals surface area contributed by atoms with Gasteiger partial charge in [-0.3, -0.25) is 24.8 Å². The fourth-order valence-electron chi connectivity index (χ4n) is 3.36. The first-order valence-corrected chi connectivity index (χ1v) is 8.73. The van der Waals surface area contributed by atoms with Gasteiger partial charge in [-0.15, -0.1) is 0 Å². The summed E-state index contributed by atoms with van der Waals surface area (Å²) in [6.45, 7) is 1.32. The second-order valence-electron chi connectivity index (χ2n) is 6.58. The lowest BCUT2D eigenvalue weighted by Gasteiger charge is -2.27. The van der Waals surface area contributed by atoms with Crippen LogP contribution < -0.4 is 5.56 Å². The fraction of sp³-hybridized carbons (Fsp3) is 0.211. The number of benzene rings is 1. The summed E-state index contributed by atoms with van der Waals surface area (Å²) in [7, 11) is 0. The third kappa shape index (κ3) is 3.35. The smallest absolute Gasteiger partial charge is 0.311 e. The Hall–Kier alpha value is -3.59. The molecule has 1 aromatic carbocycles. The highest BCUT2D eigenvalue weighted by molar-refractivity contribution is 5.53. The van der Waals surface area contributed by atoms with Gasteiger partial charge in [0.1, 0.15) is 5.82 Å². The van der Waals surface area contributed by atoms with Crippen LogP contribution in [0, 0.1) is 10.1 Å². The summed E-state index contributed by atoms with van der Waals surface area (Å²) in [4.78, 5) is 36.3. The molecule has 9 heteroatoms. The number of para-hydroxylation sites is 1. The van der Waals surface area contributed by atoms with Gasteiger partial charge in [0, 0.05) is 54.8 Å². The van der Waals surface area contributed by atoms with Gasteiger partial charge in [-0.1, -0.05) is 12.1 Å². The number of phenolic OH excluding ortho intramolecular Hbond substituents is 1. The van der Waals surface area contributed by atoms with Crippen molar-refractivity contribution in [1.29, 1.82) is 0 Å². The summed E-state index contributed by atoms with van der Waals surface area (Å²) in [5, 5.41) is 21.2. The monoisotopic (exact) mass is 379 g/mol. The van der Waals surface area contributed by atoms with E-state index in [0.717, 1.165) is 5.56 Å². The molecule has 2 N–H and O–H groups in total. The zero-order valence-electron chi connectivity index (χ0n) is 14.8. The molecule has 0 aliphatic carbocycles. The Balaban J connectivity index is 1.62. The zero-order valence-corrected chi connectivity index (χ0v) is 14.8. The van der Waals surface area contributed by atoms with Crippen LogP contribution >= 0.6 is 0 Å². The predicted molar refractivity (Wildman–Crippen MR) is 101 cm³/mol. The average Bonchev–Trinajstić information content (AvgIpc) is 2.70. The highest BCUT2D eigenvalue weighted by Crippen LogP contribution is 2.31. The van der Waals surface area contributed by atoms with Crippen molar-refractivity contribution in [1.82, 2.24) is 19.9 Å². The zero-order chi connectivity index (χ0) is 19.7. The maximum Gasteiger partial charge on any atom is 0.311 e. The number of aromatic hydroxyl groups is 1. The molecule has 1 aliphatic rings. The Bertz CT molecular complexity index is 1100. The molecule has 3 aromatic rings. The molecule has 1 aliphatic heterocycles. The predicted octanol–water partition coefficient (Wildman–Crippen LogP) is 2.00. The van der Waals surface area contributed by atoms with Crippen LogP contribution in [0.4, 0.5) is 5.69 Å². The summed E-state index contributed by atoms with van der Waals surface area (Å²) in [5.74, 6) is 0.130. The molecular weight excluding hydrogens is 362 g/mol. The Labute approximate surface area is 159 Å². The third-order valence-electron chi connectivity index (χ3n) is 4.78. The minimum absolute atomic E-state index is 0.165. The van der Waals surface area contributed by atoms with E-state index in [2.05, 4.69) is 15.0 Å². The van der Waals surface area contributed by atoms with E-state index in [1.165, 1.54) is 6.07 Å². The molecule has 0 unspecified atom stereocenters. The van der Waals surface area contributed by atoms with E-state index in [1.807, 2.05) is 11.0 Å². The van der Waals surface area contributed by atoms with Gasteiger partial charge < -0.3 is 10.1 Å². The van der Waals surface area contributed by atoms with Crippen LogP contribution in [0.2, 0.25) is 0 Å². The summed E-state index contributed by atoms with van der Waals surface area (Å²) in [5.41, 5.74) is 2.02. The van der Waals surface area contributed by atoms with Gasteiger partial charge in [-0.25, -0.2) is 4.98 Å².